The highest BCUT2D eigenvalue weighted by atomic mass is 35.5. The van der Waals surface area contributed by atoms with Crippen LogP contribution in [-0.4, -0.2) is 20.1 Å². The summed E-state index contributed by atoms with van der Waals surface area (Å²) in [4.78, 5) is 11.7. The number of fused-ring (bicyclic) bond motifs is 1. The highest BCUT2D eigenvalue weighted by Crippen LogP contribution is 2.36. The second-order valence-corrected chi connectivity index (χ2v) is 6.11. The average molecular weight is 279 g/mol. The first-order valence-corrected chi connectivity index (χ1v) is 7.08. The predicted octanol–water partition coefficient (Wildman–Crippen LogP) is 1.03. The van der Waals surface area contributed by atoms with E-state index in [9.17, 15) is 13.2 Å². The maximum absolute atomic E-state index is 11.2. The van der Waals surface area contributed by atoms with Gasteiger partial charge in [0.1, 0.15) is 4.90 Å². The Hall–Kier alpha value is -0.760. The summed E-state index contributed by atoms with van der Waals surface area (Å²) in [6.45, 7) is 0. The van der Waals surface area contributed by atoms with E-state index >= 15 is 0 Å². The van der Waals surface area contributed by atoms with Crippen molar-refractivity contribution in [2.75, 3.05) is 11.1 Å². The van der Waals surface area contributed by atoms with Crippen LogP contribution in [0.4, 0.5) is 5.69 Å². The van der Waals surface area contributed by atoms with Crippen LogP contribution in [0.25, 0.3) is 0 Å². The molecular formula is C8H7ClN2O3S2. The maximum atomic E-state index is 11.2. The van der Waals surface area contributed by atoms with Gasteiger partial charge >= 0.3 is 0 Å². The minimum atomic E-state index is -3.88. The molecule has 0 aromatic heterocycles. The third-order valence-electron chi connectivity index (χ3n) is 1.97. The molecule has 8 heteroatoms. The minimum absolute atomic E-state index is 0.0601. The topological polar surface area (TPSA) is 89.3 Å². The van der Waals surface area contributed by atoms with Crippen molar-refractivity contribution in [3.63, 3.8) is 0 Å². The summed E-state index contributed by atoms with van der Waals surface area (Å²) in [6, 6.07) is 2.76. The molecule has 0 radical (unpaired) electrons. The number of sulfonamides is 1. The second kappa shape index (κ2) is 3.92. The first-order valence-electron chi connectivity index (χ1n) is 4.17. The van der Waals surface area contributed by atoms with E-state index in [4.69, 9.17) is 16.7 Å². The van der Waals surface area contributed by atoms with Crippen molar-refractivity contribution in [2.45, 2.75) is 9.79 Å². The van der Waals surface area contributed by atoms with Gasteiger partial charge in [-0.1, -0.05) is 11.6 Å². The highest BCUT2D eigenvalue weighted by Gasteiger charge is 2.21. The number of halogens is 1. The predicted molar refractivity (Wildman–Crippen MR) is 62.2 cm³/mol. The summed E-state index contributed by atoms with van der Waals surface area (Å²) in [5, 5.41) is 7.61. The van der Waals surface area contributed by atoms with E-state index in [0.717, 1.165) is 4.90 Å². The Morgan fingerprint density at radius 2 is 2.12 bits per heavy atom. The van der Waals surface area contributed by atoms with Crippen molar-refractivity contribution in [3.8, 4) is 0 Å². The number of hydrogen-bond donors (Lipinski definition) is 2. The highest BCUT2D eigenvalue weighted by molar-refractivity contribution is 8.00. The van der Waals surface area contributed by atoms with Crippen molar-refractivity contribution in [3.05, 3.63) is 17.2 Å². The molecule has 0 unspecified atom stereocenters. The van der Waals surface area contributed by atoms with E-state index in [-0.39, 0.29) is 21.6 Å². The number of anilines is 1. The number of hydrogen-bond acceptors (Lipinski definition) is 4. The van der Waals surface area contributed by atoms with Crippen LogP contribution in [-0.2, 0) is 14.8 Å². The molecule has 0 fully saturated rings. The Kier molecular flexibility index (Phi) is 2.87. The lowest BCUT2D eigenvalue weighted by molar-refractivity contribution is -0.113. The molecule has 1 aromatic carbocycles. The summed E-state index contributed by atoms with van der Waals surface area (Å²) in [7, 11) is -3.88. The van der Waals surface area contributed by atoms with Gasteiger partial charge in [0.15, 0.2) is 0 Å². The van der Waals surface area contributed by atoms with Crippen LogP contribution >= 0.6 is 23.4 Å². The molecular weight excluding hydrogens is 272 g/mol. The second-order valence-electron chi connectivity index (χ2n) is 3.16. The number of thioether (sulfide) groups is 1. The number of carbonyl (C=O) groups is 1. The lowest BCUT2D eigenvalue weighted by atomic mass is 10.3. The Balaban J connectivity index is 2.60. The summed E-state index contributed by atoms with van der Waals surface area (Å²) in [5.74, 6) is 0.109. The Labute approximate surface area is 101 Å². The molecule has 86 valence electrons. The summed E-state index contributed by atoms with van der Waals surface area (Å²) < 4.78 is 22.4. The number of carbonyl (C=O) groups excluding carboxylic acids is 1. The standard InChI is InChI=1S/C8H7ClN2O3S2/c9-4-1-6-5(11-8(12)3-15-6)2-7(4)16(10,13)14/h1-2H,3H2,(H,11,12)(H2,10,13,14). The maximum Gasteiger partial charge on any atom is 0.239 e. The first kappa shape index (κ1) is 11.7. The monoisotopic (exact) mass is 278 g/mol. The molecule has 1 heterocycles. The zero-order valence-electron chi connectivity index (χ0n) is 7.86. The SMILES string of the molecule is NS(=O)(=O)c1cc2c(cc1Cl)SCC(=O)N2. The van der Waals surface area contributed by atoms with Gasteiger partial charge in [0.25, 0.3) is 0 Å². The van der Waals surface area contributed by atoms with Crippen LogP contribution in [0.3, 0.4) is 0 Å². The molecule has 0 saturated heterocycles. The van der Waals surface area contributed by atoms with Crippen molar-refractivity contribution in [2.24, 2.45) is 5.14 Å². The molecule has 1 aliphatic heterocycles. The van der Waals surface area contributed by atoms with Gasteiger partial charge in [0.2, 0.25) is 15.9 Å². The molecule has 16 heavy (non-hydrogen) atoms. The number of rotatable bonds is 1. The Bertz CT molecular complexity index is 571. The molecule has 0 aliphatic carbocycles. The van der Waals surface area contributed by atoms with E-state index in [1.54, 1.807) is 0 Å². The average Bonchev–Trinajstić information content (AvgIpc) is 2.16. The largest absolute Gasteiger partial charge is 0.324 e. The first-order chi connectivity index (χ1) is 7.38. The summed E-state index contributed by atoms with van der Waals surface area (Å²) >= 11 is 7.10. The smallest absolute Gasteiger partial charge is 0.239 e. The van der Waals surface area contributed by atoms with Crippen LogP contribution in [0.15, 0.2) is 21.9 Å². The molecule has 1 aromatic rings. The van der Waals surface area contributed by atoms with E-state index in [0.29, 0.717) is 5.69 Å². The van der Waals surface area contributed by atoms with Crippen molar-refractivity contribution in [1.29, 1.82) is 0 Å². The quantitative estimate of drug-likeness (QED) is 0.803. The van der Waals surface area contributed by atoms with E-state index in [2.05, 4.69) is 5.32 Å². The van der Waals surface area contributed by atoms with Crippen LogP contribution in [0.5, 0.6) is 0 Å². The molecule has 1 amide bonds. The summed E-state index contributed by atoms with van der Waals surface area (Å²) in [5.41, 5.74) is 0.426. The molecule has 2 rings (SSSR count). The molecule has 0 saturated carbocycles. The van der Waals surface area contributed by atoms with E-state index in [1.165, 1.54) is 23.9 Å². The lowest BCUT2D eigenvalue weighted by Crippen LogP contribution is -2.20. The van der Waals surface area contributed by atoms with Crippen molar-refractivity contribution in [1.82, 2.24) is 0 Å². The zero-order chi connectivity index (χ0) is 11.9. The van der Waals surface area contributed by atoms with Gasteiger partial charge < -0.3 is 5.32 Å². The van der Waals surface area contributed by atoms with Crippen LogP contribution in [0, 0.1) is 0 Å². The van der Waals surface area contributed by atoms with Crippen LogP contribution in [0.1, 0.15) is 0 Å². The number of primary sulfonamides is 1. The van der Waals surface area contributed by atoms with Crippen molar-refractivity contribution >= 4 is 45.0 Å². The van der Waals surface area contributed by atoms with Gasteiger partial charge in [-0.05, 0) is 12.1 Å². The van der Waals surface area contributed by atoms with E-state index in [1.807, 2.05) is 0 Å². The summed E-state index contributed by atoms with van der Waals surface area (Å²) in [6.07, 6.45) is 0. The molecule has 1 aliphatic rings. The molecule has 0 atom stereocenters. The fourth-order valence-corrected chi connectivity index (χ4v) is 3.29. The third-order valence-corrected chi connectivity index (χ3v) is 4.40. The molecule has 3 N–H and O–H groups in total. The minimum Gasteiger partial charge on any atom is -0.324 e. The number of benzene rings is 1. The van der Waals surface area contributed by atoms with Gasteiger partial charge in [-0.15, -0.1) is 11.8 Å². The van der Waals surface area contributed by atoms with Gasteiger partial charge in [-0.3, -0.25) is 4.79 Å². The zero-order valence-corrected chi connectivity index (χ0v) is 10.2. The number of nitrogens with one attached hydrogen (secondary N) is 1. The van der Waals surface area contributed by atoms with Gasteiger partial charge in [-0.2, -0.15) is 0 Å². The number of nitrogens with two attached hydrogens (primary N) is 1. The normalized spacial score (nSPS) is 15.5. The Morgan fingerprint density at radius 3 is 2.75 bits per heavy atom. The van der Waals surface area contributed by atoms with E-state index < -0.39 is 10.0 Å². The van der Waals surface area contributed by atoms with Crippen LogP contribution in [0.2, 0.25) is 5.02 Å². The Morgan fingerprint density at radius 1 is 1.44 bits per heavy atom. The van der Waals surface area contributed by atoms with Gasteiger partial charge in [0.05, 0.1) is 16.5 Å². The fourth-order valence-electron chi connectivity index (χ4n) is 1.30. The number of amides is 1. The van der Waals surface area contributed by atoms with Crippen molar-refractivity contribution < 1.29 is 13.2 Å². The fraction of sp³-hybridized carbons (Fsp3) is 0.125. The third kappa shape index (κ3) is 2.17. The lowest BCUT2D eigenvalue weighted by Gasteiger charge is -2.17. The van der Waals surface area contributed by atoms with Crippen LogP contribution < -0.4 is 10.5 Å². The van der Waals surface area contributed by atoms with Gasteiger partial charge in [0, 0.05) is 4.90 Å². The molecule has 0 spiro atoms. The van der Waals surface area contributed by atoms with Gasteiger partial charge in [-0.25, -0.2) is 13.6 Å². The molecule has 0 bridgehead atoms. The molecule has 5 nitrogen and oxygen atoms in total.